The van der Waals surface area contributed by atoms with Crippen molar-refractivity contribution >= 4 is 11.6 Å². The van der Waals surface area contributed by atoms with E-state index in [1.165, 1.54) is 12.1 Å². The van der Waals surface area contributed by atoms with E-state index in [2.05, 4.69) is 64.5 Å². The summed E-state index contributed by atoms with van der Waals surface area (Å²) in [6.07, 6.45) is 1.27. The number of rotatable bonds is 5. The number of aryl methyl sites for hydroxylation is 3. The molecule has 1 amide bonds. The van der Waals surface area contributed by atoms with Gasteiger partial charge in [-0.25, -0.2) is 0 Å². The molecule has 1 saturated heterocycles. The van der Waals surface area contributed by atoms with Crippen LogP contribution in [0.2, 0.25) is 0 Å². The van der Waals surface area contributed by atoms with Crippen LogP contribution >= 0.6 is 0 Å². The van der Waals surface area contributed by atoms with Crippen LogP contribution in [-0.4, -0.2) is 29.1 Å². The van der Waals surface area contributed by atoms with E-state index in [0.29, 0.717) is 29.8 Å². The topological polar surface area (TPSA) is 71.3 Å². The zero-order valence-corrected chi connectivity index (χ0v) is 19.6. The first kappa shape index (κ1) is 22.1. The smallest absolute Gasteiger partial charge is 0.273 e. The van der Waals surface area contributed by atoms with Gasteiger partial charge in [-0.05, 0) is 80.0 Å². The Morgan fingerprint density at radius 2 is 1.75 bits per heavy atom. The predicted molar refractivity (Wildman–Crippen MR) is 127 cm³/mol. The molecule has 6 nitrogen and oxygen atoms in total. The molecule has 4 rings (SSSR count). The van der Waals surface area contributed by atoms with Crippen LogP contribution in [0, 0.1) is 32.6 Å². The molecule has 2 unspecified atom stereocenters. The zero-order valence-electron chi connectivity index (χ0n) is 19.6. The number of nitrogens with one attached hydrogen (secondary N) is 1. The van der Waals surface area contributed by atoms with Crippen LogP contribution in [0.15, 0.2) is 40.9 Å². The van der Waals surface area contributed by atoms with Crippen molar-refractivity contribution in [3.05, 3.63) is 64.8 Å². The van der Waals surface area contributed by atoms with E-state index in [4.69, 9.17) is 4.52 Å². The molecule has 32 heavy (non-hydrogen) atoms. The summed E-state index contributed by atoms with van der Waals surface area (Å²) in [6.45, 7) is 13.0. The van der Waals surface area contributed by atoms with Crippen LogP contribution in [0.1, 0.15) is 53.5 Å². The van der Waals surface area contributed by atoms with Gasteiger partial charge in [0.05, 0.1) is 0 Å². The van der Waals surface area contributed by atoms with Gasteiger partial charge >= 0.3 is 0 Å². The van der Waals surface area contributed by atoms with Crippen LogP contribution in [0.4, 0.5) is 5.69 Å². The molecule has 0 spiro atoms. The van der Waals surface area contributed by atoms with Crippen LogP contribution in [0.3, 0.4) is 0 Å². The third kappa shape index (κ3) is 5.01. The third-order valence-corrected chi connectivity index (χ3v) is 6.02. The van der Waals surface area contributed by atoms with E-state index in [1.807, 2.05) is 13.8 Å². The van der Waals surface area contributed by atoms with Crippen LogP contribution < -0.4 is 10.2 Å². The van der Waals surface area contributed by atoms with Crippen molar-refractivity contribution in [2.24, 2.45) is 11.8 Å². The summed E-state index contributed by atoms with van der Waals surface area (Å²) in [4.78, 5) is 19.6. The first-order valence-electron chi connectivity index (χ1n) is 11.3. The Morgan fingerprint density at radius 3 is 2.38 bits per heavy atom. The van der Waals surface area contributed by atoms with E-state index >= 15 is 0 Å². The maximum absolute atomic E-state index is 12.6. The molecule has 1 aliphatic heterocycles. The van der Waals surface area contributed by atoms with E-state index in [1.54, 1.807) is 13.0 Å². The Labute approximate surface area is 190 Å². The maximum atomic E-state index is 12.6. The molecule has 1 aliphatic rings. The Balaban J connectivity index is 1.66. The van der Waals surface area contributed by atoms with Gasteiger partial charge in [0.15, 0.2) is 5.69 Å². The first-order valence-corrected chi connectivity index (χ1v) is 11.3. The molecule has 1 N–H and O–H groups in total. The lowest BCUT2D eigenvalue weighted by Crippen LogP contribution is -2.38. The monoisotopic (exact) mass is 432 g/mol. The average Bonchev–Trinajstić information content (AvgIpc) is 3.17. The van der Waals surface area contributed by atoms with E-state index in [0.717, 1.165) is 41.2 Å². The number of carbonyl (C=O) groups is 1. The van der Waals surface area contributed by atoms with Gasteiger partial charge < -0.3 is 14.7 Å². The van der Waals surface area contributed by atoms with Crippen molar-refractivity contribution in [2.45, 2.75) is 47.6 Å². The van der Waals surface area contributed by atoms with Gasteiger partial charge in [-0.15, -0.1) is 0 Å². The van der Waals surface area contributed by atoms with Gasteiger partial charge in [-0.2, -0.15) is 0 Å². The fraction of sp³-hybridized carbons (Fsp3) is 0.423. The fourth-order valence-corrected chi connectivity index (χ4v) is 4.81. The summed E-state index contributed by atoms with van der Waals surface area (Å²) in [6, 6.07) is 12.4. The third-order valence-electron chi connectivity index (χ3n) is 6.02. The Hall–Kier alpha value is -3.15. The molecule has 0 aliphatic carbocycles. The number of anilines is 1. The molecule has 3 heterocycles. The molecule has 0 bridgehead atoms. The molecule has 2 aromatic heterocycles. The lowest BCUT2D eigenvalue weighted by molar-refractivity contribution is 0.0942. The number of amides is 1. The lowest BCUT2D eigenvalue weighted by atomic mass is 9.91. The number of benzene rings is 1. The highest BCUT2D eigenvalue weighted by atomic mass is 16.5. The summed E-state index contributed by atoms with van der Waals surface area (Å²) in [5.41, 5.74) is 6.77. The summed E-state index contributed by atoms with van der Waals surface area (Å²) in [7, 11) is 0. The standard InChI is InChI=1S/C26H32N4O2/c1-16-8-17(2)15-30(14-16)23-6-7-24(21-9-18(3)28-19(4)10-21)22(12-23)13-27-26(31)25-11-20(5)32-29-25/h6-7,9-12,16-17H,8,13-15H2,1-5H3,(H,27,31). The van der Waals surface area contributed by atoms with Crippen molar-refractivity contribution in [1.29, 1.82) is 0 Å². The largest absolute Gasteiger partial charge is 0.371 e. The summed E-state index contributed by atoms with van der Waals surface area (Å²) in [5, 5.41) is 6.86. The number of piperidine rings is 1. The van der Waals surface area contributed by atoms with Gasteiger partial charge in [0.1, 0.15) is 5.76 Å². The number of hydrogen-bond acceptors (Lipinski definition) is 5. The summed E-state index contributed by atoms with van der Waals surface area (Å²) < 4.78 is 5.05. The SMILES string of the molecule is Cc1cc(-c2ccc(N3CC(C)CC(C)C3)cc2CNC(=O)c2cc(C)on2)cc(C)n1. The average molecular weight is 433 g/mol. The molecular weight excluding hydrogens is 400 g/mol. The Morgan fingerprint density at radius 1 is 1.06 bits per heavy atom. The summed E-state index contributed by atoms with van der Waals surface area (Å²) >= 11 is 0. The predicted octanol–water partition coefficient (Wildman–Crippen LogP) is 5.07. The highest BCUT2D eigenvalue weighted by molar-refractivity contribution is 5.92. The highest BCUT2D eigenvalue weighted by Gasteiger charge is 2.23. The maximum Gasteiger partial charge on any atom is 0.273 e. The molecule has 3 aromatic rings. The number of pyridine rings is 1. The van der Waals surface area contributed by atoms with Gasteiger partial charge in [0, 0.05) is 42.8 Å². The number of aromatic nitrogens is 2. The van der Waals surface area contributed by atoms with Crippen LogP contribution in [0.25, 0.3) is 11.1 Å². The molecule has 0 radical (unpaired) electrons. The molecule has 1 aromatic carbocycles. The van der Waals surface area contributed by atoms with Crippen molar-refractivity contribution in [3.8, 4) is 11.1 Å². The molecule has 1 fully saturated rings. The van der Waals surface area contributed by atoms with Gasteiger partial charge in [0.25, 0.3) is 5.91 Å². The first-order chi connectivity index (χ1) is 15.3. The zero-order chi connectivity index (χ0) is 22.8. The van der Waals surface area contributed by atoms with Crippen molar-refractivity contribution in [2.75, 3.05) is 18.0 Å². The number of hydrogen-bond donors (Lipinski definition) is 1. The van der Waals surface area contributed by atoms with Crippen LogP contribution in [-0.2, 0) is 6.54 Å². The van der Waals surface area contributed by atoms with Gasteiger partial charge in [-0.3, -0.25) is 9.78 Å². The lowest BCUT2D eigenvalue weighted by Gasteiger charge is -2.37. The molecule has 168 valence electrons. The summed E-state index contributed by atoms with van der Waals surface area (Å²) in [5.74, 6) is 1.72. The van der Waals surface area contributed by atoms with Crippen LogP contribution in [0.5, 0.6) is 0 Å². The van der Waals surface area contributed by atoms with Crippen molar-refractivity contribution < 1.29 is 9.32 Å². The molecule has 0 saturated carbocycles. The molecular formula is C26H32N4O2. The molecule has 6 heteroatoms. The minimum absolute atomic E-state index is 0.236. The minimum Gasteiger partial charge on any atom is -0.371 e. The second kappa shape index (κ2) is 9.15. The minimum atomic E-state index is -0.236. The second-order valence-electron chi connectivity index (χ2n) is 9.34. The molecule has 2 atom stereocenters. The number of nitrogens with zero attached hydrogens (tertiary/aromatic N) is 3. The Bertz CT molecular complexity index is 1090. The Kier molecular flexibility index (Phi) is 6.31. The van der Waals surface area contributed by atoms with E-state index in [9.17, 15) is 4.79 Å². The van der Waals surface area contributed by atoms with Gasteiger partial charge in [-0.1, -0.05) is 25.1 Å². The second-order valence-corrected chi connectivity index (χ2v) is 9.34. The van der Waals surface area contributed by atoms with E-state index < -0.39 is 0 Å². The van der Waals surface area contributed by atoms with Crippen molar-refractivity contribution in [1.82, 2.24) is 15.5 Å². The van der Waals surface area contributed by atoms with Gasteiger partial charge in [0.2, 0.25) is 0 Å². The normalized spacial score (nSPS) is 18.6. The highest BCUT2D eigenvalue weighted by Crippen LogP contribution is 2.32. The van der Waals surface area contributed by atoms with Crippen molar-refractivity contribution in [3.63, 3.8) is 0 Å². The fourth-order valence-electron chi connectivity index (χ4n) is 4.81. The number of carbonyl (C=O) groups excluding carboxylic acids is 1. The van der Waals surface area contributed by atoms with E-state index in [-0.39, 0.29) is 5.91 Å². The quantitative estimate of drug-likeness (QED) is 0.609.